The lowest BCUT2D eigenvalue weighted by Gasteiger charge is -2.09. The van der Waals surface area contributed by atoms with Gasteiger partial charge in [-0.15, -0.1) is 0 Å². The highest BCUT2D eigenvalue weighted by Gasteiger charge is 2.15. The molecule has 0 aliphatic rings. The van der Waals surface area contributed by atoms with Gasteiger partial charge in [-0.2, -0.15) is 5.10 Å². The first kappa shape index (κ1) is 18.4. The zero-order valence-corrected chi connectivity index (χ0v) is 15.6. The highest BCUT2D eigenvalue weighted by Crippen LogP contribution is 2.18. The van der Waals surface area contributed by atoms with Crippen LogP contribution in [-0.2, 0) is 4.79 Å². The van der Waals surface area contributed by atoms with Crippen molar-refractivity contribution in [3.05, 3.63) is 72.1 Å². The zero-order valence-electron chi connectivity index (χ0n) is 15.6. The Morgan fingerprint density at radius 2 is 1.52 bits per heavy atom. The van der Waals surface area contributed by atoms with E-state index >= 15 is 0 Å². The van der Waals surface area contributed by atoms with Gasteiger partial charge in [-0.1, -0.05) is 32.0 Å². The molecule has 2 amide bonds. The minimum Gasteiger partial charge on any atom is -0.326 e. The summed E-state index contributed by atoms with van der Waals surface area (Å²) in [5.74, 6) is -0.363. The summed E-state index contributed by atoms with van der Waals surface area (Å²) in [5.41, 5.74) is 3.52. The van der Waals surface area contributed by atoms with Crippen molar-refractivity contribution in [2.75, 3.05) is 10.6 Å². The van der Waals surface area contributed by atoms with Gasteiger partial charge >= 0.3 is 0 Å². The van der Waals surface area contributed by atoms with Crippen molar-refractivity contribution in [1.29, 1.82) is 0 Å². The molecule has 0 aliphatic carbocycles. The number of nitrogens with one attached hydrogen (secondary N) is 2. The standard InChI is InChI=1S/C21H22N4O2/c1-14(2)20(26)23-16-9-11-17(12-10-16)24-21(27)19-13-22-25(15(19)3)18-7-5-4-6-8-18/h4-14H,1-3H3,(H,23,26)(H,24,27). The van der Waals surface area contributed by atoms with Crippen molar-refractivity contribution in [3.63, 3.8) is 0 Å². The molecule has 3 rings (SSSR count). The molecule has 0 fully saturated rings. The van der Waals surface area contributed by atoms with Gasteiger partial charge in [0.2, 0.25) is 5.91 Å². The minimum atomic E-state index is -0.228. The van der Waals surface area contributed by atoms with Crippen molar-refractivity contribution in [2.45, 2.75) is 20.8 Å². The molecular weight excluding hydrogens is 340 g/mol. The molecule has 0 aliphatic heterocycles. The van der Waals surface area contributed by atoms with Crippen LogP contribution >= 0.6 is 0 Å². The number of hydrogen-bond donors (Lipinski definition) is 2. The first-order valence-corrected chi connectivity index (χ1v) is 8.78. The first-order valence-electron chi connectivity index (χ1n) is 8.78. The fourth-order valence-corrected chi connectivity index (χ4v) is 2.58. The van der Waals surface area contributed by atoms with E-state index in [2.05, 4.69) is 15.7 Å². The van der Waals surface area contributed by atoms with Crippen LogP contribution in [0.1, 0.15) is 29.9 Å². The highest BCUT2D eigenvalue weighted by molar-refractivity contribution is 6.05. The smallest absolute Gasteiger partial charge is 0.259 e. The lowest BCUT2D eigenvalue weighted by molar-refractivity contribution is -0.118. The van der Waals surface area contributed by atoms with Crippen LogP contribution in [-0.4, -0.2) is 21.6 Å². The monoisotopic (exact) mass is 362 g/mol. The number of carbonyl (C=O) groups is 2. The molecule has 6 heteroatoms. The molecule has 0 unspecified atom stereocenters. The van der Waals surface area contributed by atoms with Gasteiger partial charge in [0.05, 0.1) is 23.1 Å². The second kappa shape index (κ2) is 7.86. The van der Waals surface area contributed by atoms with E-state index in [1.165, 1.54) is 0 Å². The maximum absolute atomic E-state index is 12.6. The predicted molar refractivity (Wildman–Crippen MR) is 106 cm³/mol. The average Bonchev–Trinajstić information content (AvgIpc) is 3.05. The van der Waals surface area contributed by atoms with Crippen LogP contribution in [0.4, 0.5) is 11.4 Å². The van der Waals surface area contributed by atoms with Crippen molar-refractivity contribution >= 4 is 23.2 Å². The fraction of sp³-hybridized carbons (Fsp3) is 0.190. The molecule has 3 aromatic rings. The molecule has 2 N–H and O–H groups in total. The lowest BCUT2D eigenvalue weighted by Crippen LogP contribution is -2.17. The number of carbonyl (C=O) groups excluding carboxylic acids is 2. The average molecular weight is 362 g/mol. The van der Waals surface area contributed by atoms with Gasteiger partial charge in [0, 0.05) is 17.3 Å². The normalized spacial score (nSPS) is 10.7. The van der Waals surface area contributed by atoms with Crippen molar-refractivity contribution < 1.29 is 9.59 Å². The molecule has 0 saturated carbocycles. The van der Waals surface area contributed by atoms with Crippen LogP contribution in [0.15, 0.2) is 60.8 Å². The van der Waals surface area contributed by atoms with Crippen LogP contribution < -0.4 is 10.6 Å². The molecule has 138 valence electrons. The third-order valence-electron chi connectivity index (χ3n) is 4.19. The molecule has 0 spiro atoms. The Bertz CT molecular complexity index is 944. The van der Waals surface area contributed by atoms with Gasteiger partial charge < -0.3 is 10.6 Å². The number of amides is 2. The Balaban J connectivity index is 1.71. The molecule has 0 atom stereocenters. The molecule has 0 bridgehead atoms. The van der Waals surface area contributed by atoms with E-state index in [0.717, 1.165) is 11.4 Å². The SMILES string of the molecule is Cc1c(C(=O)Nc2ccc(NC(=O)C(C)C)cc2)cnn1-c1ccccc1. The van der Waals surface area contributed by atoms with Crippen LogP contribution in [0.5, 0.6) is 0 Å². The van der Waals surface area contributed by atoms with Crippen molar-refractivity contribution in [1.82, 2.24) is 9.78 Å². The summed E-state index contributed by atoms with van der Waals surface area (Å²) in [4.78, 5) is 24.3. The Morgan fingerprint density at radius 3 is 2.11 bits per heavy atom. The molecule has 6 nitrogen and oxygen atoms in total. The van der Waals surface area contributed by atoms with Gasteiger partial charge in [0.1, 0.15) is 0 Å². The Morgan fingerprint density at radius 1 is 0.926 bits per heavy atom. The third kappa shape index (κ3) is 4.23. The number of aromatic nitrogens is 2. The Labute approximate surface area is 158 Å². The summed E-state index contributed by atoms with van der Waals surface area (Å²) in [7, 11) is 0. The molecule has 1 heterocycles. The van der Waals surface area contributed by atoms with E-state index in [1.807, 2.05) is 51.1 Å². The molecule has 0 saturated heterocycles. The predicted octanol–water partition coefficient (Wildman–Crippen LogP) is 4.03. The number of hydrogen-bond acceptors (Lipinski definition) is 3. The van der Waals surface area contributed by atoms with E-state index in [0.29, 0.717) is 16.9 Å². The Hall–Kier alpha value is -3.41. The van der Waals surface area contributed by atoms with Crippen LogP contribution in [0.3, 0.4) is 0 Å². The number of anilines is 2. The summed E-state index contributed by atoms with van der Waals surface area (Å²) >= 11 is 0. The topological polar surface area (TPSA) is 76.0 Å². The minimum absolute atomic E-state index is 0.0456. The van der Waals surface area contributed by atoms with E-state index in [1.54, 1.807) is 35.1 Å². The van der Waals surface area contributed by atoms with Crippen molar-refractivity contribution in [2.24, 2.45) is 5.92 Å². The molecule has 1 aromatic heterocycles. The van der Waals surface area contributed by atoms with Gasteiger partial charge in [-0.05, 0) is 43.3 Å². The second-order valence-corrected chi connectivity index (χ2v) is 6.57. The maximum Gasteiger partial charge on any atom is 0.259 e. The van der Waals surface area contributed by atoms with E-state index in [9.17, 15) is 9.59 Å². The molecule has 0 radical (unpaired) electrons. The number of benzene rings is 2. The first-order chi connectivity index (χ1) is 13.0. The fourth-order valence-electron chi connectivity index (χ4n) is 2.58. The zero-order chi connectivity index (χ0) is 19.4. The largest absolute Gasteiger partial charge is 0.326 e. The van der Waals surface area contributed by atoms with E-state index in [4.69, 9.17) is 0 Å². The number of nitrogens with zero attached hydrogens (tertiary/aromatic N) is 2. The number of para-hydroxylation sites is 1. The van der Waals surface area contributed by atoms with Gasteiger partial charge in [0.15, 0.2) is 0 Å². The second-order valence-electron chi connectivity index (χ2n) is 6.57. The summed E-state index contributed by atoms with van der Waals surface area (Å²) in [6, 6.07) is 16.7. The maximum atomic E-state index is 12.6. The molecule has 27 heavy (non-hydrogen) atoms. The summed E-state index contributed by atoms with van der Waals surface area (Å²) in [5, 5.41) is 10.0. The van der Waals surface area contributed by atoms with E-state index < -0.39 is 0 Å². The molecular formula is C21H22N4O2. The Kier molecular flexibility index (Phi) is 5.35. The van der Waals surface area contributed by atoms with Crippen LogP contribution in [0, 0.1) is 12.8 Å². The lowest BCUT2D eigenvalue weighted by atomic mass is 10.2. The summed E-state index contributed by atoms with van der Waals surface area (Å²) in [6.45, 7) is 5.53. The van der Waals surface area contributed by atoms with Crippen LogP contribution in [0.2, 0.25) is 0 Å². The molecule has 2 aromatic carbocycles. The third-order valence-corrected chi connectivity index (χ3v) is 4.19. The van der Waals surface area contributed by atoms with Crippen molar-refractivity contribution in [3.8, 4) is 5.69 Å². The quantitative estimate of drug-likeness (QED) is 0.719. The summed E-state index contributed by atoms with van der Waals surface area (Å²) < 4.78 is 1.74. The van der Waals surface area contributed by atoms with Gasteiger partial charge in [-0.25, -0.2) is 4.68 Å². The van der Waals surface area contributed by atoms with Gasteiger partial charge in [-0.3, -0.25) is 9.59 Å². The highest BCUT2D eigenvalue weighted by atomic mass is 16.2. The summed E-state index contributed by atoms with van der Waals surface area (Å²) in [6.07, 6.45) is 1.56. The van der Waals surface area contributed by atoms with Gasteiger partial charge in [0.25, 0.3) is 5.91 Å². The van der Waals surface area contributed by atoms with E-state index in [-0.39, 0.29) is 17.7 Å². The number of rotatable bonds is 5. The van der Waals surface area contributed by atoms with Crippen LogP contribution in [0.25, 0.3) is 5.69 Å².